The SMILES string of the molecule is Cc1cc2c(cc1C(C)(C)C)=c1c(c(C3=CC=CC3)c(C)c(C(C)(C)C)c1=C(c1ccc(C(C)(C)C)cc1)c1ccc(C(C)(C)C)cc1)C=2. The molecule has 0 unspecified atom stereocenters. The normalized spacial score (nSPS) is 14.4. The zero-order valence-electron chi connectivity index (χ0n) is 32.8. The van der Waals surface area contributed by atoms with Gasteiger partial charge in [0.25, 0.3) is 0 Å². The second kappa shape index (κ2) is 11.9. The van der Waals surface area contributed by atoms with Gasteiger partial charge in [-0.1, -0.05) is 156 Å². The Balaban J connectivity index is 1.94. The van der Waals surface area contributed by atoms with E-state index in [4.69, 9.17) is 0 Å². The Bertz CT molecular complexity index is 2180. The van der Waals surface area contributed by atoms with Crippen molar-refractivity contribution in [2.45, 2.75) is 125 Å². The van der Waals surface area contributed by atoms with Crippen molar-refractivity contribution < 1.29 is 0 Å². The average molecular weight is 647 g/mol. The van der Waals surface area contributed by atoms with Crippen molar-refractivity contribution in [2.24, 2.45) is 0 Å². The molecule has 0 fully saturated rings. The fraction of sp³-hybridized carbons (Fsp3) is 0.388. The van der Waals surface area contributed by atoms with Crippen molar-refractivity contribution in [3.8, 4) is 0 Å². The Labute approximate surface area is 296 Å². The van der Waals surface area contributed by atoms with E-state index < -0.39 is 0 Å². The Hall–Kier alpha value is -3.90. The molecule has 0 saturated carbocycles. The maximum absolute atomic E-state index is 2.53. The average Bonchev–Trinajstić information content (AvgIpc) is 3.63. The molecular formula is C49H58. The maximum Gasteiger partial charge on any atom is -0.00167 e. The number of rotatable bonds is 3. The molecule has 49 heavy (non-hydrogen) atoms. The molecule has 0 aliphatic heterocycles. The predicted octanol–water partition coefficient (Wildman–Crippen LogP) is 11.5. The van der Waals surface area contributed by atoms with E-state index in [1.54, 1.807) is 0 Å². The van der Waals surface area contributed by atoms with Gasteiger partial charge in [0, 0.05) is 0 Å². The van der Waals surface area contributed by atoms with Crippen LogP contribution < -0.4 is 10.4 Å². The van der Waals surface area contributed by atoms with Crippen LogP contribution >= 0.6 is 0 Å². The van der Waals surface area contributed by atoms with Crippen molar-refractivity contribution in [1.29, 1.82) is 0 Å². The van der Waals surface area contributed by atoms with Gasteiger partial charge in [-0.05, 0) is 142 Å². The van der Waals surface area contributed by atoms with Gasteiger partial charge in [0.15, 0.2) is 0 Å². The summed E-state index contributed by atoms with van der Waals surface area (Å²) in [5, 5.41) is 5.49. The largest absolute Gasteiger partial charge is 0.0801 e. The van der Waals surface area contributed by atoms with E-state index in [2.05, 4.69) is 182 Å². The first-order valence-corrected chi connectivity index (χ1v) is 18.3. The van der Waals surface area contributed by atoms with Crippen molar-refractivity contribution in [1.82, 2.24) is 0 Å². The Morgan fingerprint density at radius 2 is 1.14 bits per heavy atom. The summed E-state index contributed by atoms with van der Waals surface area (Å²) >= 11 is 0. The molecule has 0 atom stereocenters. The van der Waals surface area contributed by atoms with Crippen LogP contribution in [0.5, 0.6) is 0 Å². The van der Waals surface area contributed by atoms with Gasteiger partial charge in [-0.2, -0.15) is 0 Å². The van der Waals surface area contributed by atoms with E-state index in [9.17, 15) is 0 Å². The van der Waals surface area contributed by atoms with Crippen LogP contribution in [-0.4, -0.2) is 0 Å². The van der Waals surface area contributed by atoms with Crippen LogP contribution in [0.4, 0.5) is 0 Å². The molecule has 4 aromatic rings. The van der Waals surface area contributed by atoms with Crippen LogP contribution in [0.3, 0.4) is 0 Å². The molecule has 0 bridgehead atoms. The van der Waals surface area contributed by atoms with Crippen LogP contribution in [0.25, 0.3) is 17.2 Å². The molecular weight excluding hydrogens is 589 g/mol. The van der Waals surface area contributed by atoms with Crippen LogP contribution in [0.15, 0.2) is 78.9 Å². The molecule has 0 spiro atoms. The third-order valence-electron chi connectivity index (χ3n) is 10.7. The molecule has 2 aliphatic carbocycles. The zero-order chi connectivity index (χ0) is 35.8. The van der Waals surface area contributed by atoms with E-state index >= 15 is 0 Å². The minimum absolute atomic E-state index is 0.0401. The fourth-order valence-corrected chi connectivity index (χ4v) is 8.32. The van der Waals surface area contributed by atoms with Crippen LogP contribution in [0.1, 0.15) is 145 Å². The summed E-state index contributed by atoms with van der Waals surface area (Å²) in [5.74, 6) is 0. The number of hydrogen-bond donors (Lipinski definition) is 0. The van der Waals surface area contributed by atoms with Gasteiger partial charge in [0.2, 0.25) is 0 Å². The molecule has 0 heterocycles. The highest BCUT2D eigenvalue weighted by molar-refractivity contribution is 5.86. The molecule has 2 aliphatic rings. The molecule has 0 radical (unpaired) electrons. The summed E-state index contributed by atoms with van der Waals surface area (Å²) in [4.78, 5) is 0. The zero-order valence-corrected chi connectivity index (χ0v) is 32.8. The maximum atomic E-state index is 2.53. The standard InChI is InChI=1S/C49H58/c1-30-27-35-28-39-41(32-17-15-16-18-32)31(2)45(49(12,13)14)44(43(39)38(35)29-40(30)48(9,10)11)42(33-19-23-36(24-20-33)46(3,4)5)34-21-25-37(26-22-34)47(6,7)8/h15-17,19-29H,18H2,1-14H3. The molecule has 0 saturated heterocycles. The summed E-state index contributed by atoms with van der Waals surface area (Å²) in [6, 6.07) is 23.9. The molecule has 0 N–H and O–H groups in total. The van der Waals surface area contributed by atoms with E-state index in [1.807, 2.05) is 0 Å². The van der Waals surface area contributed by atoms with Gasteiger partial charge in [-0.25, -0.2) is 0 Å². The molecule has 0 aromatic heterocycles. The van der Waals surface area contributed by atoms with Crippen molar-refractivity contribution in [2.75, 3.05) is 0 Å². The van der Waals surface area contributed by atoms with E-state index in [1.165, 1.54) is 87.7 Å². The summed E-state index contributed by atoms with van der Waals surface area (Å²) in [7, 11) is 0. The van der Waals surface area contributed by atoms with Gasteiger partial charge < -0.3 is 0 Å². The Morgan fingerprint density at radius 3 is 1.57 bits per heavy atom. The second-order valence-electron chi connectivity index (χ2n) is 18.8. The summed E-state index contributed by atoms with van der Waals surface area (Å²) in [5.41, 5.74) is 16.6. The fourth-order valence-electron chi connectivity index (χ4n) is 8.32. The van der Waals surface area contributed by atoms with Crippen LogP contribution in [-0.2, 0) is 21.7 Å². The lowest BCUT2D eigenvalue weighted by Gasteiger charge is -2.29. The number of aryl methyl sites for hydroxylation is 1. The number of fused-ring (bicyclic) bond motifs is 2. The lowest BCUT2D eigenvalue weighted by atomic mass is 9.75. The minimum Gasteiger partial charge on any atom is -0.0801 e. The van der Waals surface area contributed by atoms with Gasteiger partial charge >= 0.3 is 0 Å². The monoisotopic (exact) mass is 646 g/mol. The van der Waals surface area contributed by atoms with E-state index in [-0.39, 0.29) is 21.7 Å². The first-order valence-electron chi connectivity index (χ1n) is 18.3. The topological polar surface area (TPSA) is 0 Å². The molecule has 0 heteroatoms. The number of allylic oxidation sites excluding steroid dienone is 4. The first-order chi connectivity index (χ1) is 22.7. The van der Waals surface area contributed by atoms with Gasteiger partial charge in [-0.15, -0.1) is 0 Å². The van der Waals surface area contributed by atoms with Crippen LogP contribution in [0.2, 0.25) is 0 Å². The Morgan fingerprint density at radius 1 is 0.612 bits per heavy atom. The number of benzene rings is 4. The minimum atomic E-state index is -0.0992. The first kappa shape index (κ1) is 34.9. The van der Waals surface area contributed by atoms with Crippen molar-refractivity contribution >= 4 is 17.2 Å². The molecule has 0 amide bonds. The van der Waals surface area contributed by atoms with Crippen molar-refractivity contribution in [3.05, 3.63) is 155 Å². The molecule has 4 aromatic carbocycles. The smallest absolute Gasteiger partial charge is 0.00167 e. The van der Waals surface area contributed by atoms with Crippen LogP contribution in [0, 0.1) is 24.3 Å². The lowest BCUT2D eigenvalue weighted by molar-refractivity contribution is 0.580. The van der Waals surface area contributed by atoms with E-state index in [0.717, 1.165) is 6.42 Å². The molecule has 6 rings (SSSR count). The highest BCUT2D eigenvalue weighted by Gasteiger charge is 2.29. The molecule has 0 nitrogen and oxygen atoms in total. The third-order valence-corrected chi connectivity index (χ3v) is 10.7. The second-order valence-corrected chi connectivity index (χ2v) is 18.8. The highest BCUT2D eigenvalue weighted by atomic mass is 14.3. The predicted molar refractivity (Wildman–Crippen MR) is 214 cm³/mol. The van der Waals surface area contributed by atoms with E-state index in [0.29, 0.717) is 0 Å². The van der Waals surface area contributed by atoms with Gasteiger partial charge in [-0.3, -0.25) is 0 Å². The van der Waals surface area contributed by atoms with Gasteiger partial charge in [0.05, 0.1) is 0 Å². The molecule has 254 valence electrons. The lowest BCUT2D eigenvalue weighted by Crippen LogP contribution is -2.30. The summed E-state index contributed by atoms with van der Waals surface area (Å²) < 4.78 is 0. The van der Waals surface area contributed by atoms with Crippen molar-refractivity contribution in [3.63, 3.8) is 0 Å². The summed E-state index contributed by atoms with van der Waals surface area (Å²) in [6.07, 6.45) is 10.4. The number of hydrogen-bond acceptors (Lipinski definition) is 0. The Kier molecular flexibility index (Phi) is 8.46. The summed E-state index contributed by atoms with van der Waals surface area (Å²) in [6.45, 7) is 32.8. The van der Waals surface area contributed by atoms with Gasteiger partial charge in [0.1, 0.15) is 0 Å². The third kappa shape index (κ3) is 6.33. The quantitative estimate of drug-likeness (QED) is 0.183. The highest BCUT2D eigenvalue weighted by Crippen LogP contribution is 2.38.